The third-order valence-corrected chi connectivity index (χ3v) is 20.8. The number of morpholine rings is 1. The summed E-state index contributed by atoms with van der Waals surface area (Å²) >= 11 is 0. The van der Waals surface area contributed by atoms with Crippen molar-refractivity contribution >= 4 is 60.1 Å². The summed E-state index contributed by atoms with van der Waals surface area (Å²) in [5.41, 5.74) is 1.04. The van der Waals surface area contributed by atoms with Crippen LogP contribution in [0.3, 0.4) is 0 Å². The fraction of sp³-hybridized carbons (Fsp3) is 0.960. The van der Waals surface area contributed by atoms with Gasteiger partial charge in [-0.05, 0) is 169 Å². The van der Waals surface area contributed by atoms with Crippen LogP contribution in [0.1, 0.15) is 170 Å². The van der Waals surface area contributed by atoms with Gasteiger partial charge in [-0.2, -0.15) is 0 Å². The van der Waals surface area contributed by atoms with Crippen molar-refractivity contribution in [3.05, 3.63) is 12.3 Å². The Hall–Kier alpha value is -1.16. The number of methoxy groups -OCH3 is 1. The normalized spacial score (nSPS) is 18.4. The minimum atomic E-state index is -3.12. The van der Waals surface area contributed by atoms with E-state index in [2.05, 4.69) is 89.8 Å². The molecule has 2 heterocycles. The average Bonchev–Trinajstić information content (AvgIpc) is 4.09. The number of allylic oxidation sites excluding steroid dienone is 1. The highest BCUT2D eigenvalue weighted by molar-refractivity contribution is 7.91. The number of sulfonamides is 6. The zero-order valence-corrected chi connectivity index (χ0v) is 56.8. The van der Waals surface area contributed by atoms with Crippen molar-refractivity contribution in [3.8, 4) is 0 Å². The molecular formula is C50H113N9O14S6. The Balaban J connectivity index is -0.000000839. The topological polar surface area (TPSA) is 323 Å². The van der Waals surface area contributed by atoms with Crippen LogP contribution in [-0.4, -0.2) is 190 Å². The molecule has 2 aliphatic heterocycles. The van der Waals surface area contributed by atoms with Gasteiger partial charge in [0.25, 0.3) is 0 Å². The van der Waals surface area contributed by atoms with Crippen LogP contribution < -0.4 is 39.0 Å². The SMILES string of the molecule is C=C(C)NC(C)C.CC(C)N1CCO[C@@H](C)C1.CC(C)NS(=O)(=O)C1CC1.CC(C)NS(=O)(=O)C1CCC1.CC(C)NS(=O)(=O)C1CNC1.CC(C)NS(=O)(=O)CC1CC1.CC(C)NS(C)(=O)=O.COCCS(=O)(=O)NC(C)C. The van der Waals surface area contributed by atoms with E-state index >= 15 is 0 Å². The highest BCUT2D eigenvalue weighted by atomic mass is 32.2. The van der Waals surface area contributed by atoms with Crippen LogP contribution in [0, 0.1) is 5.92 Å². The molecule has 5 fully saturated rings. The maximum Gasteiger partial charge on any atom is 0.217 e. The van der Waals surface area contributed by atoms with E-state index in [1.54, 1.807) is 27.7 Å². The number of hydrogen-bond acceptors (Lipinski definition) is 17. The first-order valence-corrected chi connectivity index (χ1v) is 37.6. The molecule has 0 unspecified atom stereocenters. The monoisotopic (exact) mass is 1260 g/mol. The Bertz CT molecular complexity index is 2260. The van der Waals surface area contributed by atoms with Crippen molar-refractivity contribution in [1.82, 2.24) is 43.9 Å². The van der Waals surface area contributed by atoms with E-state index in [1.165, 1.54) is 7.11 Å². The molecule has 5 aliphatic rings. The van der Waals surface area contributed by atoms with Gasteiger partial charge >= 0.3 is 0 Å². The summed E-state index contributed by atoms with van der Waals surface area (Å²) in [4.78, 5) is 2.45. The van der Waals surface area contributed by atoms with Gasteiger partial charge in [-0.3, -0.25) is 4.90 Å². The molecule has 0 spiro atoms. The third kappa shape index (κ3) is 49.9. The number of rotatable bonds is 23. The van der Waals surface area contributed by atoms with Crippen molar-refractivity contribution < 1.29 is 60.0 Å². The number of nitrogens with zero attached hydrogens (tertiary/aromatic N) is 1. The van der Waals surface area contributed by atoms with Crippen molar-refractivity contribution in [2.75, 3.05) is 64.3 Å². The lowest BCUT2D eigenvalue weighted by Gasteiger charge is -2.33. The Labute approximate surface area is 483 Å². The molecule has 1 atom stereocenters. The highest BCUT2D eigenvalue weighted by Crippen LogP contribution is 2.30. The van der Waals surface area contributed by atoms with Crippen LogP contribution in [0.25, 0.3) is 0 Å². The molecule has 5 rings (SSSR count). The minimum Gasteiger partial charge on any atom is -0.387 e. The van der Waals surface area contributed by atoms with E-state index in [1.807, 2.05) is 62.3 Å². The summed E-state index contributed by atoms with van der Waals surface area (Å²) in [5.74, 6) is 0.790. The fourth-order valence-electron chi connectivity index (χ4n) is 6.66. The van der Waals surface area contributed by atoms with Crippen molar-refractivity contribution in [1.29, 1.82) is 0 Å². The lowest BCUT2D eigenvalue weighted by Crippen LogP contribution is -2.55. The molecule has 23 nitrogen and oxygen atoms in total. The molecule has 79 heavy (non-hydrogen) atoms. The van der Waals surface area contributed by atoms with Gasteiger partial charge in [0.1, 0.15) is 5.25 Å². The molecule has 29 heteroatoms. The zero-order valence-electron chi connectivity index (χ0n) is 51.9. The molecule has 0 radical (unpaired) electrons. The van der Waals surface area contributed by atoms with Gasteiger partial charge in [0.05, 0.1) is 47.6 Å². The van der Waals surface area contributed by atoms with Gasteiger partial charge in [-0.15, -0.1) is 0 Å². The summed E-state index contributed by atoms with van der Waals surface area (Å²) in [6.07, 6.45) is 8.14. The molecule has 8 N–H and O–H groups in total. The van der Waals surface area contributed by atoms with Crippen LogP contribution in [0.15, 0.2) is 12.3 Å². The fourth-order valence-corrected chi connectivity index (χ4v) is 15.4. The van der Waals surface area contributed by atoms with Crippen molar-refractivity contribution in [2.24, 2.45) is 5.92 Å². The second-order valence-corrected chi connectivity index (χ2v) is 34.4. The molecule has 3 saturated carbocycles. The maximum atomic E-state index is 11.3. The van der Waals surface area contributed by atoms with Crippen molar-refractivity contribution in [3.63, 3.8) is 0 Å². The molecule has 0 aromatic carbocycles. The smallest absolute Gasteiger partial charge is 0.217 e. The summed E-state index contributed by atoms with van der Waals surface area (Å²) < 4.78 is 158. The van der Waals surface area contributed by atoms with Gasteiger partial charge in [0.15, 0.2) is 0 Å². The average molecular weight is 1260 g/mol. The first-order chi connectivity index (χ1) is 35.8. The number of hydrogen-bond donors (Lipinski definition) is 8. The lowest BCUT2D eigenvalue weighted by molar-refractivity contribution is -0.0289. The quantitative estimate of drug-likeness (QED) is 0.0719. The summed E-state index contributed by atoms with van der Waals surface area (Å²) in [7, 11) is -16.5. The lowest BCUT2D eigenvalue weighted by atomic mass is 10.0. The molecule has 2 saturated heterocycles. The molecule has 478 valence electrons. The first kappa shape index (κ1) is 82.1. The third-order valence-electron chi connectivity index (χ3n) is 10.4. The number of nitrogens with one attached hydrogen (secondary N) is 8. The van der Waals surface area contributed by atoms with E-state index in [0.717, 1.165) is 76.6 Å². The van der Waals surface area contributed by atoms with Crippen LogP contribution in [0.2, 0.25) is 0 Å². The van der Waals surface area contributed by atoms with Crippen LogP contribution in [-0.2, 0) is 69.6 Å². The Kier molecular flexibility index (Phi) is 41.8. The second-order valence-electron chi connectivity index (χ2n) is 23.0. The van der Waals surface area contributed by atoms with E-state index in [9.17, 15) is 50.5 Å². The molecule has 0 bridgehead atoms. The van der Waals surface area contributed by atoms with Gasteiger partial charge < -0.3 is 20.1 Å². The van der Waals surface area contributed by atoms with Gasteiger partial charge in [-0.25, -0.2) is 78.8 Å². The van der Waals surface area contributed by atoms with Crippen molar-refractivity contribution in [2.45, 2.75) is 240 Å². The summed E-state index contributed by atoms with van der Waals surface area (Å²) in [6, 6.07) is 1.25. The maximum absolute atomic E-state index is 11.3. The van der Waals surface area contributed by atoms with Crippen LogP contribution >= 0.6 is 0 Å². The van der Waals surface area contributed by atoms with E-state index in [4.69, 9.17) is 4.74 Å². The summed E-state index contributed by atoms with van der Waals surface area (Å²) in [5, 5.41) is 5.62. The van der Waals surface area contributed by atoms with Gasteiger partial charge in [0.2, 0.25) is 60.1 Å². The predicted molar refractivity (Wildman–Crippen MR) is 326 cm³/mol. The van der Waals surface area contributed by atoms with Gasteiger partial charge in [-0.1, -0.05) is 13.0 Å². The standard InChI is InChI=1S/C8H17NO.2C7H15NO2S.C6H14N2O2S.C6H15NO3S.C6H13NO2S.C6H13N.C4H11NO2S/c1-7(2)9-4-5-10-8(3)6-9;1-6(2)8-11(9,10)5-7-3-4-7;1-6(2)8-11(9,10)7-4-3-5-7;1-5(2)8-11(9,10)6-3-7-4-6;1-6(2)7-11(8,9)5-4-10-3;1-5(2)7-10(8,9)6-3-4-6;1-5(2)7-6(3)4;1-4(2)5-8(3,6)7/h7-8H,4-6H2,1-3H3;2*6-8H,3-5H2,1-2H3;5-8H,3-4H2,1-2H3;6-7H,4-5H2,1-3H3;5-7H,3-4H2,1-2H3;6-7H,1H2,2-4H3;4-5H,1-3H3/t8-;;;;;;;/m0......./s1. The molecule has 3 aliphatic carbocycles. The molecule has 0 aromatic rings. The largest absolute Gasteiger partial charge is 0.387 e. The molecule has 0 aromatic heterocycles. The van der Waals surface area contributed by atoms with E-state index in [-0.39, 0.29) is 64.4 Å². The predicted octanol–water partition coefficient (Wildman–Crippen LogP) is 3.89. The van der Waals surface area contributed by atoms with Crippen LogP contribution in [0.5, 0.6) is 0 Å². The Morgan fingerprint density at radius 2 is 0.962 bits per heavy atom. The van der Waals surface area contributed by atoms with E-state index in [0.29, 0.717) is 42.9 Å². The molecular weight excluding hydrogens is 1140 g/mol. The Morgan fingerprint density at radius 3 is 1.19 bits per heavy atom. The van der Waals surface area contributed by atoms with Crippen LogP contribution in [0.4, 0.5) is 0 Å². The second kappa shape index (κ2) is 40.2. The summed E-state index contributed by atoms with van der Waals surface area (Å²) in [6.45, 7) is 42.7. The highest BCUT2D eigenvalue weighted by Gasteiger charge is 2.36. The zero-order chi connectivity index (χ0) is 62.3. The Morgan fingerprint density at radius 1 is 0.570 bits per heavy atom. The van der Waals surface area contributed by atoms with E-state index < -0.39 is 60.1 Å². The minimum absolute atomic E-state index is 0.000556. The molecule has 0 amide bonds. The first-order valence-electron chi connectivity index (χ1n) is 27.8. The number of ether oxygens (including phenoxy) is 2. The van der Waals surface area contributed by atoms with Gasteiger partial charge in [0, 0.05) is 87.3 Å².